The van der Waals surface area contributed by atoms with E-state index >= 15 is 0 Å². The predicted octanol–water partition coefficient (Wildman–Crippen LogP) is 6.24. The lowest BCUT2D eigenvalue weighted by Crippen LogP contribution is -2.44. The molecule has 7 rings (SSSR count). The van der Waals surface area contributed by atoms with Crippen molar-refractivity contribution in [2.24, 2.45) is 5.92 Å². The van der Waals surface area contributed by atoms with Crippen LogP contribution >= 0.6 is 15.9 Å². The van der Waals surface area contributed by atoms with E-state index in [1.807, 2.05) is 122 Å². The Kier molecular flexibility index (Phi) is 9.37. The van der Waals surface area contributed by atoms with E-state index in [-0.39, 0.29) is 31.6 Å². The molecule has 0 fully saturated rings. The van der Waals surface area contributed by atoms with Crippen LogP contribution in [-0.4, -0.2) is 50.2 Å². The molecule has 0 saturated heterocycles. The molecule has 10 nitrogen and oxygen atoms in total. The van der Waals surface area contributed by atoms with Crippen molar-refractivity contribution >= 4 is 44.8 Å². The minimum absolute atomic E-state index is 0.0419. The van der Waals surface area contributed by atoms with E-state index in [2.05, 4.69) is 26.2 Å². The number of hydrogen-bond acceptors (Lipinski definition) is 7. The average Bonchev–Trinajstić information content (AvgIpc) is 3.68. The van der Waals surface area contributed by atoms with Crippen LogP contribution in [0.3, 0.4) is 0 Å². The number of aryl methyl sites for hydroxylation is 1. The second-order valence-electron chi connectivity index (χ2n) is 12.5. The van der Waals surface area contributed by atoms with Gasteiger partial charge in [0, 0.05) is 34.4 Å². The van der Waals surface area contributed by atoms with Gasteiger partial charge in [0.05, 0.1) is 36.1 Å². The number of rotatable bonds is 11. The molecule has 0 radical (unpaired) electrons. The van der Waals surface area contributed by atoms with Gasteiger partial charge in [-0.05, 0) is 60.0 Å². The van der Waals surface area contributed by atoms with Gasteiger partial charge in [-0.3, -0.25) is 19.2 Å². The summed E-state index contributed by atoms with van der Waals surface area (Å²) in [6, 6.07) is 30.2. The normalized spacial score (nSPS) is 18.2. The zero-order chi connectivity index (χ0) is 34.8. The number of aliphatic hydroxyl groups excluding tert-OH is 1. The Bertz CT molecular complexity index is 2050. The molecule has 2 aliphatic heterocycles. The van der Waals surface area contributed by atoms with Crippen LogP contribution in [-0.2, 0) is 28.3 Å². The molecule has 254 valence electrons. The number of nitrogens with zero attached hydrogens (tertiary/aromatic N) is 5. The predicted molar refractivity (Wildman–Crippen MR) is 193 cm³/mol. The van der Waals surface area contributed by atoms with Crippen molar-refractivity contribution < 1.29 is 24.5 Å². The monoisotopic (exact) mass is 733 g/mol. The summed E-state index contributed by atoms with van der Waals surface area (Å²) in [5.41, 5.74) is 3.31. The number of para-hydroxylation sites is 2. The topological polar surface area (TPSA) is 121 Å². The zero-order valence-electron chi connectivity index (χ0n) is 27.4. The number of benzene rings is 4. The van der Waals surface area contributed by atoms with E-state index in [1.54, 1.807) is 14.5 Å². The number of allylic oxidation sites excluding steroid dienone is 1. The molecule has 0 spiro atoms. The van der Waals surface area contributed by atoms with Crippen molar-refractivity contribution in [2.45, 2.75) is 38.0 Å². The summed E-state index contributed by atoms with van der Waals surface area (Å²) in [4.78, 5) is 30.2. The highest BCUT2D eigenvalue weighted by Crippen LogP contribution is 2.47. The quantitative estimate of drug-likeness (QED) is 0.154. The molecule has 2 N–H and O–H groups in total. The van der Waals surface area contributed by atoms with Gasteiger partial charge in [-0.2, -0.15) is 0 Å². The number of carbonyl (C=O) groups excluding carboxylic acids is 2. The zero-order valence-corrected chi connectivity index (χ0v) is 29.0. The van der Waals surface area contributed by atoms with Gasteiger partial charge in [0.2, 0.25) is 0 Å². The molecule has 2 amide bonds. The minimum Gasteiger partial charge on any atom is -0.482 e. The van der Waals surface area contributed by atoms with Crippen LogP contribution in [0.5, 0.6) is 5.75 Å². The average molecular weight is 735 g/mol. The summed E-state index contributed by atoms with van der Waals surface area (Å²) < 4.78 is 8.09. The summed E-state index contributed by atoms with van der Waals surface area (Å²) in [7, 11) is 0. The highest BCUT2D eigenvalue weighted by Gasteiger charge is 2.52. The summed E-state index contributed by atoms with van der Waals surface area (Å²) in [6.45, 7) is 2.51. The first-order valence-electron chi connectivity index (χ1n) is 16.5. The van der Waals surface area contributed by atoms with Crippen LogP contribution in [0.1, 0.15) is 41.6 Å². The lowest BCUT2D eigenvalue weighted by molar-refractivity contribution is -0.139. The van der Waals surface area contributed by atoms with Crippen molar-refractivity contribution in [3.05, 3.63) is 142 Å². The first-order chi connectivity index (χ1) is 24.3. The molecule has 0 bridgehead atoms. The van der Waals surface area contributed by atoms with Gasteiger partial charge in [-0.15, -0.1) is 5.10 Å². The molecule has 3 heterocycles. The number of aromatic nitrogens is 3. The number of carbonyl (C=O) groups is 2. The third kappa shape index (κ3) is 6.24. The fourth-order valence-electron chi connectivity index (χ4n) is 6.68. The SMILES string of the molecule is C[C@@H](/C=C/CCn1cc(C(CO)c2ccccc2)nn1)[C@]1(O)C(=O)N(Cc2ccc(N3C(=O)COc4ccccc43)cc2)c2ccc(Br)cc21. The first kappa shape index (κ1) is 33.4. The van der Waals surface area contributed by atoms with Crippen LogP contribution in [0.15, 0.2) is 120 Å². The van der Waals surface area contributed by atoms with E-state index in [0.717, 1.165) is 15.6 Å². The summed E-state index contributed by atoms with van der Waals surface area (Å²) in [5, 5.41) is 30.7. The number of halogens is 1. The lowest BCUT2D eigenvalue weighted by Gasteiger charge is -2.29. The largest absolute Gasteiger partial charge is 0.482 e. The summed E-state index contributed by atoms with van der Waals surface area (Å²) in [6.07, 6.45) is 6.26. The van der Waals surface area contributed by atoms with Gasteiger partial charge < -0.3 is 19.8 Å². The number of aliphatic hydroxyl groups is 2. The highest BCUT2D eigenvalue weighted by molar-refractivity contribution is 9.10. The summed E-state index contributed by atoms with van der Waals surface area (Å²) >= 11 is 3.53. The molecule has 50 heavy (non-hydrogen) atoms. The third-order valence-corrected chi connectivity index (χ3v) is 9.87. The number of ether oxygens (including phenoxy) is 1. The standard InChI is InChI=1S/C39H36BrN5O5/c1-26(9-7-8-20-43-23-33(41-42-43)31(24-46)28-10-3-2-4-11-28)39(49)32-21-29(40)16-19-34(32)44(38(39)48)22-27-14-17-30(18-15-27)45-35-12-5-6-13-36(35)50-25-37(45)47/h2-7,9-19,21,23,26,31,46,49H,8,20,22,24-25H2,1H3/b9-7+/t26-,31?,39+/m0/s1. The van der Waals surface area contributed by atoms with E-state index in [4.69, 9.17) is 4.74 Å². The maximum atomic E-state index is 14.1. The molecule has 11 heteroatoms. The molecular weight excluding hydrogens is 698 g/mol. The summed E-state index contributed by atoms with van der Waals surface area (Å²) in [5.74, 6) is -0.712. The van der Waals surface area contributed by atoms with E-state index < -0.39 is 17.4 Å². The van der Waals surface area contributed by atoms with E-state index in [1.165, 1.54) is 0 Å². The molecule has 0 aliphatic carbocycles. The maximum Gasteiger partial charge on any atom is 0.269 e. The smallest absolute Gasteiger partial charge is 0.269 e. The van der Waals surface area contributed by atoms with Crippen molar-refractivity contribution in [1.29, 1.82) is 0 Å². The third-order valence-electron chi connectivity index (χ3n) is 9.38. The van der Waals surface area contributed by atoms with E-state index in [9.17, 15) is 19.8 Å². The van der Waals surface area contributed by atoms with Crippen molar-refractivity contribution in [2.75, 3.05) is 23.0 Å². The minimum atomic E-state index is -1.77. The van der Waals surface area contributed by atoms with Crippen LogP contribution in [0.2, 0.25) is 0 Å². The lowest BCUT2D eigenvalue weighted by atomic mass is 9.83. The van der Waals surface area contributed by atoms with Crippen LogP contribution < -0.4 is 14.5 Å². The molecule has 1 aromatic heterocycles. The second kappa shape index (κ2) is 14.0. The van der Waals surface area contributed by atoms with Gasteiger partial charge in [-0.25, -0.2) is 0 Å². The Balaban J connectivity index is 1.05. The number of hydrogen-bond donors (Lipinski definition) is 2. The Hall–Kier alpha value is -5.10. The molecule has 4 aromatic carbocycles. The first-order valence-corrected chi connectivity index (χ1v) is 17.3. The van der Waals surface area contributed by atoms with Crippen molar-refractivity contribution in [3.63, 3.8) is 0 Å². The van der Waals surface area contributed by atoms with Gasteiger partial charge in [0.1, 0.15) is 5.75 Å². The second-order valence-corrected chi connectivity index (χ2v) is 13.4. The van der Waals surface area contributed by atoms with Crippen molar-refractivity contribution in [3.8, 4) is 5.75 Å². The fraction of sp³-hybridized carbons (Fsp3) is 0.231. The molecule has 5 aromatic rings. The van der Waals surface area contributed by atoms with Gasteiger partial charge >= 0.3 is 0 Å². The van der Waals surface area contributed by atoms with Crippen LogP contribution in [0.4, 0.5) is 17.1 Å². The Labute approximate surface area is 298 Å². The number of fused-ring (bicyclic) bond motifs is 2. The Morgan fingerprint density at radius 3 is 2.52 bits per heavy atom. The van der Waals surface area contributed by atoms with E-state index in [0.29, 0.717) is 47.0 Å². The molecule has 0 saturated carbocycles. The molecular formula is C39H36BrN5O5. The van der Waals surface area contributed by atoms with Crippen LogP contribution in [0.25, 0.3) is 0 Å². The van der Waals surface area contributed by atoms with Crippen LogP contribution in [0, 0.1) is 5.92 Å². The van der Waals surface area contributed by atoms with Gasteiger partial charge in [-0.1, -0.05) is 94.8 Å². The molecule has 2 aliphatic rings. The number of anilines is 3. The highest BCUT2D eigenvalue weighted by atomic mass is 79.9. The fourth-order valence-corrected chi connectivity index (χ4v) is 7.04. The Morgan fingerprint density at radius 2 is 1.74 bits per heavy atom. The van der Waals surface area contributed by atoms with Gasteiger partial charge in [0.15, 0.2) is 12.2 Å². The van der Waals surface area contributed by atoms with Gasteiger partial charge in [0.25, 0.3) is 11.8 Å². The number of amides is 2. The van der Waals surface area contributed by atoms with Crippen molar-refractivity contribution in [1.82, 2.24) is 15.0 Å². The Morgan fingerprint density at radius 1 is 0.980 bits per heavy atom. The molecule has 3 atom stereocenters. The maximum absolute atomic E-state index is 14.1. The molecule has 1 unspecified atom stereocenters.